The highest BCUT2D eigenvalue weighted by molar-refractivity contribution is 5.82. The van der Waals surface area contributed by atoms with Crippen molar-refractivity contribution in [3.05, 3.63) is 0 Å². The summed E-state index contributed by atoms with van der Waals surface area (Å²) in [4.78, 5) is 22.8. The van der Waals surface area contributed by atoms with Gasteiger partial charge in [-0.1, -0.05) is 0 Å². The molecular formula is C10H16O5. The largest absolute Gasteiger partial charge is 0.469 e. The Morgan fingerprint density at radius 2 is 1.33 bits per heavy atom. The lowest BCUT2D eigenvalue weighted by Crippen LogP contribution is -2.27. The van der Waals surface area contributed by atoms with Crippen LogP contribution in [0.2, 0.25) is 0 Å². The average molecular weight is 216 g/mol. The third kappa shape index (κ3) is 2.47. The Labute approximate surface area is 88.7 Å². The molecule has 0 bridgehead atoms. The standard InChI is InChI=1S/C10H16O5/c1-13-6-4-7(9(11)14-2)8(5-6)10(12)15-3/h6-8H,4-5H2,1-3H3/t6?,7-,8+. The molecular weight excluding hydrogens is 200 g/mol. The van der Waals surface area contributed by atoms with Crippen LogP contribution in [0.3, 0.4) is 0 Å². The van der Waals surface area contributed by atoms with Crippen LogP contribution in [0, 0.1) is 11.8 Å². The van der Waals surface area contributed by atoms with E-state index in [1.807, 2.05) is 0 Å². The third-order valence-corrected chi connectivity index (χ3v) is 2.86. The van der Waals surface area contributed by atoms with Crippen molar-refractivity contribution in [1.82, 2.24) is 0 Å². The highest BCUT2D eigenvalue weighted by atomic mass is 16.5. The summed E-state index contributed by atoms with van der Waals surface area (Å²) in [5, 5.41) is 0. The highest BCUT2D eigenvalue weighted by Gasteiger charge is 2.44. The van der Waals surface area contributed by atoms with Crippen molar-refractivity contribution < 1.29 is 23.8 Å². The van der Waals surface area contributed by atoms with Gasteiger partial charge in [-0.2, -0.15) is 0 Å². The van der Waals surface area contributed by atoms with Gasteiger partial charge in [0.2, 0.25) is 0 Å². The van der Waals surface area contributed by atoms with E-state index < -0.39 is 11.8 Å². The Hall–Kier alpha value is -1.10. The maximum Gasteiger partial charge on any atom is 0.309 e. The molecule has 0 aliphatic heterocycles. The summed E-state index contributed by atoms with van der Waals surface area (Å²) in [6, 6.07) is 0. The predicted octanol–water partition coefficient (Wildman–Crippen LogP) is 0.374. The van der Waals surface area contributed by atoms with Crippen LogP contribution in [0.4, 0.5) is 0 Å². The second-order valence-electron chi connectivity index (χ2n) is 3.59. The molecule has 1 rings (SSSR count). The molecule has 0 aromatic carbocycles. The van der Waals surface area contributed by atoms with E-state index in [-0.39, 0.29) is 18.0 Å². The normalized spacial score (nSPS) is 29.9. The lowest BCUT2D eigenvalue weighted by Gasteiger charge is -2.13. The zero-order valence-corrected chi connectivity index (χ0v) is 9.19. The molecule has 0 spiro atoms. The van der Waals surface area contributed by atoms with Crippen molar-refractivity contribution in [3.8, 4) is 0 Å². The molecule has 0 amide bonds. The van der Waals surface area contributed by atoms with Crippen molar-refractivity contribution in [3.63, 3.8) is 0 Å². The molecule has 1 aliphatic rings. The van der Waals surface area contributed by atoms with Crippen LogP contribution < -0.4 is 0 Å². The van der Waals surface area contributed by atoms with Crippen LogP contribution in [0.5, 0.6) is 0 Å². The van der Waals surface area contributed by atoms with E-state index >= 15 is 0 Å². The SMILES string of the molecule is COC(=O)[C@H]1CC(OC)C[C@H]1C(=O)OC. The van der Waals surface area contributed by atoms with Crippen LogP contribution in [0.15, 0.2) is 0 Å². The Morgan fingerprint density at radius 1 is 0.933 bits per heavy atom. The van der Waals surface area contributed by atoms with Gasteiger partial charge in [0.15, 0.2) is 0 Å². The molecule has 5 nitrogen and oxygen atoms in total. The fourth-order valence-electron chi connectivity index (χ4n) is 2.01. The molecule has 0 N–H and O–H groups in total. The molecule has 3 atom stereocenters. The molecule has 0 heterocycles. The van der Waals surface area contributed by atoms with Gasteiger partial charge in [-0.05, 0) is 12.8 Å². The van der Waals surface area contributed by atoms with Crippen LogP contribution in [-0.4, -0.2) is 39.4 Å². The van der Waals surface area contributed by atoms with Crippen molar-refractivity contribution in [2.24, 2.45) is 11.8 Å². The minimum atomic E-state index is -0.438. The first-order valence-corrected chi connectivity index (χ1v) is 4.82. The Balaban J connectivity index is 2.73. The first kappa shape index (κ1) is 12.0. The van der Waals surface area contributed by atoms with E-state index in [1.54, 1.807) is 7.11 Å². The highest BCUT2D eigenvalue weighted by Crippen LogP contribution is 2.35. The topological polar surface area (TPSA) is 61.8 Å². The van der Waals surface area contributed by atoms with Gasteiger partial charge in [0.25, 0.3) is 0 Å². The summed E-state index contributed by atoms with van der Waals surface area (Å²) in [5.41, 5.74) is 0. The first-order valence-electron chi connectivity index (χ1n) is 4.82. The number of rotatable bonds is 3. The molecule has 1 saturated carbocycles. The lowest BCUT2D eigenvalue weighted by molar-refractivity contribution is -0.156. The molecule has 1 fully saturated rings. The maximum atomic E-state index is 11.4. The van der Waals surface area contributed by atoms with Gasteiger partial charge in [0.1, 0.15) is 0 Å². The Bertz CT molecular complexity index is 226. The third-order valence-electron chi connectivity index (χ3n) is 2.86. The molecule has 1 aliphatic carbocycles. The van der Waals surface area contributed by atoms with E-state index in [9.17, 15) is 9.59 Å². The van der Waals surface area contributed by atoms with Crippen molar-refractivity contribution >= 4 is 11.9 Å². The predicted molar refractivity (Wildman–Crippen MR) is 51.0 cm³/mol. The summed E-state index contributed by atoms with van der Waals surface area (Å²) in [6.45, 7) is 0. The number of carbonyl (C=O) groups excluding carboxylic acids is 2. The lowest BCUT2D eigenvalue weighted by atomic mass is 9.96. The Kier molecular flexibility index (Phi) is 4.08. The number of methoxy groups -OCH3 is 3. The van der Waals surface area contributed by atoms with Gasteiger partial charge in [-0.3, -0.25) is 9.59 Å². The van der Waals surface area contributed by atoms with Crippen molar-refractivity contribution in [1.29, 1.82) is 0 Å². The van der Waals surface area contributed by atoms with Crippen LogP contribution in [0.1, 0.15) is 12.8 Å². The summed E-state index contributed by atoms with van der Waals surface area (Å²) >= 11 is 0. The molecule has 0 radical (unpaired) electrons. The summed E-state index contributed by atoms with van der Waals surface area (Å²) in [7, 11) is 4.20. The van der Waals surface area contributed by atoms with E-state index in [0.29, 0.717) is 12.8 Å². The van der Waals surface area contributed by atoms with Gasteiger partial charge in [-0.25, -0.2) is 0 Å². The van der Waals surface area contributed by atoms with Crippen molar-refractivity contribution in [2.75, 3.05) is 21.3 Å². The zero-order valence-electron chi connectivity index (χ0n) is 9.19. The monoisotopic (exact) mass is 216 g/mol. The van der Waals surface area contributed by atoms with Gasteiger partial charge in [-0.15, -0.1) is 0 Å². The van der Waals surface area contributed by atoms with Crippen molar-refractivity contribution in [2.45, 2.75) is 18.9 Å². The molecule has 86 valence electrons. The van der Waals surface area contributed by atoms with Gasteiger partial charge >= 0.3 is 11.9 Å². The number of ether oxygens (including phenoxy) is 3. The van der Waals surface area contributed by atoms with Crippen LogP contribution >= 0.6 is 0 Å². The smallest absolute Gasteiger partial charge is 0.309 e. The number of hydrogen-bond acceptors (Lipinski definition) is 5. The summed E-state index contributed by atoms with van der Waals surface area (Å²) in [5.74, 6) is -1.62. The first-order chi connectivity index (χ1) is 7.13. The van der Waals surface area contributed by atoms with Gasteiger partial charge in [0.05, 0.1) is 32.2 Å². The number of hydrogen-bond donors (Lipinski definition) is 0. The van der Waals surface area contributed by atoms with E-state index in [0.717, 1.165) is 0 Å². The molecule has 15 heavy (non-hydrogen) atoms. The molecule has 0 saturated heterocycles. The average Bonchev–Trinajstić information content (AvgIpc) is 2.70. The zero-order chi connectivity index (χ0) is 11.4. The van der Waals surface area contributed by atoms with E-state index in [4.69, 9.17) is 4.74 Å². The minimum absolute atomic E-state index is 0.0711. The second-order valence-corrected chi connectivity index (χ2v) is 3.59. The fraction of sp³-hybridized carbons (Fsp3) is 0.800. The maximum absolute atomic E-state index is 11.4. The Morgan fingerprint density at radius 3 is 1.60 bits per heavy atom. The summed E-state index contributed by atoms with van der Waals surface area (Å²) < 4.78 is 14.4. The number of esters is 2. The number of carbonyl (C=O) groups is 2. The molecule has 0 aromatic heterocycles. The second kappa shape index (κ2) is 5.11. The van der Waals surface area contributed by atoms with E-state index in [2.05, 4.69) is 9.47 Å². The summed E-state index contributed by atoms with van der Waals surface area (Å²) in [6.07, 6.45) is 0.962. The quantitative estimate of drug-likeness (QED) is 0.638. The molecule has 5 heteroatoms. The van der Waals surface area contributed by atoms with Crippen LogP contribution in [0.25, 0.3) is 0 Å². The molecule has 0 aromatic rings. The van der Waals surface area contributed by atoms with Gasteiger partial charge in [0, 0.05) is 7.11 Å². The van der Waals surface area contributed by atoms with E-state index in [1.165, 1.54) is 14.2 Å². The van der Waals surface area contributed by atoms with Crippen LogP contribution in [-0.2, 0) is 23.8 Å². The fourth-order valence-corrected chi connectivity index (χ4v) is 2.01. The minimum Gasteiger partial charge on any atom is -0.469 e. The molecule has 1 unspecified atom stereocenters. The van der Waals surface area contributed by atoms with Gasteiger partial charge < -0.3 is 14.2 Å².